The molecule has 0 spiro atoms. The highest BCUT2D eigenvalue weighted by Crippen LogP contribution is 2.27. The van der Waals surface area contributed by atoms with E-state index in [9.17, 15) is 13.2 Å². The van der Waals surface area contributed by atoms with Gasteiger partial charge in [-0.15, -0.1) is 11.8 Å². The van der Waals surface area contributed by atoms with E-state index in [1.807, 2.05) is 51.3 Å². The second kappa shape index (κ2) is 12.1. The molecule has 4 rings (SSSR count). The van der Waals surface area contributed by atoms with Crippen molar-refractivity contribution in [3.05, 3.63) is 106 Å². The van der Waals surface area contributed by atoms with E-state index in [1.54, 1.807) is 42.6 Å². The number of hydrogen-bond donors (Lipinski definition) is 1. The Kier molecular flexibility index (Phi) is 8.85. The largest absolute Gasteiger partial charge is 0.317 e. The van der Waals surface area contributed by atoms with Gasteiger partial charge in [-0.25, -0.2) is 13.8 Å². The van der Waals surface area contributed by atoms with Crippen LogP contribution in [0.3, 0.4) is 0 Å². The van der Waals surface area contributed by atoms with Crippen molar-refractivity contribution in [1.29, 1.82) is 0 Å². The molecule has 1 N–H and O–H groups in total. The molecular formula is C31H34N4O3S2. The van der Waals surface area contributed by atoms with Gasteiger partial charge in [0, 0.05) is 21.8 Å². The molecule has 0 fully saturated rings. The zero-order chi connectivity index (χ0) is 29.0. The predicted molar refractivity (Wildman–Crippen MR) is 164 cm³/mol. The van der Waals surface area contributed by atoms with Crippen LogP contribution in [-0.4, -0.2) is 37.9 Å². The number of para-hydroxylation sites is 1. The first-order chi connectivity index (χ1) is 19.0. The van der Waals surface area contributed by atoms with Gasteiger partial charge in [-0.05, 0) is 94.5 Å². The Bertz CT molecular complexity index is 1640. The molecule has 9 heteroatoms. The maximum absolute atomic E-state index is 13.6. The normalized spacial score (nSPS) is 11.7. The topological polar surface area (TPSA) is 83.8 Å². The number of carbonyl (C=O) groups is 1. The van der Waals surface area contributed by atoms with Gasteiger partial charge >= 0.3 is 0 Å². The second-order valence-corrected chi connectivity index (χ2v) is 12.5. The zero-order valence-electron chi connectivity index (χ0n) is 23.6. The van der Waals surface area contributed by atoms with Crippen LogP contribution >= 0.6 is 11.8 Å². The van der Waals surface area contributed by atoms with Crippen LogP contribution in [0.5, 0.6) is 0 Å². The Morgan fingerprint density at radius 2 is 1.57 bits per heavy atom. The summed E-state index contributed by atoms with van der Waals surface area (Å²) < 4.78 is 30.5. The van der Waals surface area contributed by atoms with Crippen LogP contribution in [0.1, 0.15) is 33.6 Å². The van der Waals surface area contributed by atoms with Crippen LogP contribution in [0.15, 0.2) is 87.7 Å². The van der Waals surface area contributed by atoms with Crippen molar-refractivity contribution in [1.82, 2.24) is 9.99 Å². The fraction of sp³-hybridized carbons (Fsp3) is 0.226. The van der Waals surface area contributed by atoms with Crippen molar-refractivity contribution < 1.29 is 13.2 Å². The molecule has 4 aromatic rings. The third-order valence-electron chi connectivity index (χ3n) is 6.78. The first kappa shape index (κ1) is 29.2. The molecule has 0 aliphatic heterocycles. The minimum atomic E-state index is -4.00. The average Bonchev–Trinajstić information content (AvgIpc) is 3.20. The van der Waals surface area contributed by atoms with Crippen LogP contribution in [-0.2, 0) is 14.8 Å². The number of benzene rings is 3. The van der Waals surface area contributed by atoms with Gasteiger partial charge in [0.05, 0.1) is 22.5 Å². The lowest BCUT2D eigenvalue weighted by molar-refractivity contribution is -0.119. The molecule has 3 aromatic carbocycles. The van der Waals surface area contributed by atoms with Crippen LogP contribution in [0.4, 0.5) is 5.69 Å². The van der Waals surface area contributed by atoms with Crippen LogP contribution < -0.4 is 9.73 Å². The molecule has 0 radical (unpaired) electrons. The summed E-state index contributed by atoms with van der Waals surface area (Å²) in [6, 6.07) is 21.9. The Hall–Kier alpha value is -3.82. The number of carbonyl (C=O) groups excluding carboxylic acids is 1. The van der Waals surface area contributed by atoms with Gasteiger partial charge in [0.25, 0.3) is 15.9 Å². The molecule has 1 amide bonds. The van der Waals surface area contributed by atoms with Crippen LogP contribution in [0, 0.1) is 34.6 Å². The standard InChI is InChI=1S/C31H34N4O3S2/c1-21-10-12-27(13-11-21)34(40(37,38)29-16-14-28(39-6)15-17-29)20-30(36)33-32-19-26-18-24(4)35(25(26)5)31-22(2)8-7-9-23(31)3/h7-19H,20H2,1-6H3,(H,33,36)/b32-19-. The van der Waals surface area contributed by atoms with E-state index in [-0.39, 0.29) is 4.90 Å². The van der Waals surface area contributed by atoms with Gasteiger partial charge in [-0.3, -0.25) is 9.10 Å². The number of hydrazone groups is 1. The molecule has 40 heavy (non-hydrogen) atoms. The lowest BCUT2D eigenvalue weighted by Crippen LogP contribution is -2.39. The number of thioether (sulfide) groups is 1. The van der Waals surface area contributed by atoms with E-state index >= 15 is 0 Å². The number of aryl methyl sites for hydroxylation is 4. The second-order valence-electron chi connectivity index (χ2n) is 9.72. The highest BCUT2D eigenvalue weighted by molar-refractivity contribution is 7.98. The molecule has 0 aliphatic rings. The number of anilines is 1. The Balaban J connectivity index is 1.57. The number of nitrogens with zero attached hydrogens (tertiary/aromatic N) is 3. The van der Waals surface area contributed by atoms with Crippen molar-refractivity contribution in [2.75, 3.05) is 17.1 Å². The van der Waals surface area contributed by atoms with Gasteiger partial charge in [0.15, 0.2) is 0 Å². The maximum Gasteiger partial charge on any atom is 0.264 e. The van der Waals surface area contributed by atoms with Crippen LogP contribution in [0.2, 0.25) is 0 Å². The summed E-state index contributed by atoms with van der Waals surface area (Å²) in [7, 11) is -4.00. The summed E-state index contributed by atoms with van der Waals surface area (Å²) in [6.45, 7) is 9.71. The van der Waals surface area contributed by atoms with E-state index in [1.165, 1.54) is 22.9 Å². The average molecular weight is 575 g/mol. The van der Waals surface area contributed by atoms with Crippen molar-refractivity contribution in [2.45, 2.75) is 44.4 Å². The lowest BCUT2D eigenvalue weighted by atomic mass is 10.1. The minimum Gasteiger partial charge on any atom is -0.317 e. The van der Waals surface area contributed by atoms with E-state index in [4.69, 9.17) is 0 Å². The molecule has 0 saturated heterocycles. The number of nitrogens with one attached hydrogen (secondary N) is 1. The summed E-state index contributed by atoms with van der Waals surface area (Å²) in [6.07, 6.45) is 3.52. The third-order valence-corrected chi connectivity index (χ3v) is 9.31. The summed E-state index contributed by atoms with van der Waals surface area (Å²) in [5.74, 6) is -0.551. The molecule has 0 atom stereocenters. The summed E-state index contributed by atoms with van der Waals surface area (Å²) in [5, 5.41) is 4.17. The van der Waals surface area contributed by atoms with E-state index < -0.39 is 22.5 Å². The summed E-state index contributed by atoms with van der Waals surface area (Å²) >= 11 is 1.53. The molecule has 0 aliphatic carbocycles. The van der Waals surface area contributed by atoms with Crippen molar-refractivity contribution in [3.63, 3.8) is 0 Å². The molecule has 7 nitrogen and oxygen atoms in total. The fourth-order valence-electron chi connectivity index (χ4n) is 4.66. The predicted octanol–water partition coefficient (Wildman–Crippen LogP) is 6.09. The maximum atomic E-state index is 13.6. The molecular weight excluding hydrogens is 541 g/mol. The molecule has 0 saturated carbocycles. The summed E-state index contributed by atoms with van der Waals surface area (Å²) in [5.41, 5.74) is 10.3. The Labute approximate surface area is 241 Å². The molecule has 0 bridgehead atoms. The monoisotopic (exact) mass is 574 g/mol. The van der Waals surface area contributed by atoms with Gasteiger partial charge in [-0.1, -0.05) is 35.9 Å². The van der Waals surface area contributed by atoms with Crippen LogP contribution in [0.25, 0.3) is 5.69 Å². The molecule has 1 aromatic heterocycles. The fourth-order valence-corrected chi connectivity index (χ4v) is 6.49. The number of sulfonamides is 1. The van der Waals surface area contributed by atoms with Gasteiger partial charge in [0.2, 0.25) is 0 Å². The van der Waals surface area contributed by atoms with Crippen molar-refractivity contribution in [2.24, 2.45) is 5.10 Å². The SMILES string of the molecule is CSc1ccc(S(=O)(=O)N(CC(=O)N/N=C\c2cc(C)n(-c3c(C)cccc3C)c2C)c2ccc(C)cc2)cc1. The smallest absolute Gasteiger partial charge is 0.264 e. The summed E-state index contributed by atoms with van der Waals surface area (Å²) in [4.78, 5) is 14.1. The van der Waals surface area contributed by atoms with Gasteiger partial charge in [0.1, 0.15) is 6.54 Å². The molecule has 0 unspecified atom stereocenters. The lowest BCUT2D eigenvalue weighted by Gasteiger charge is -2.24. The number of amides is 1. The van der Waals surface area contributed by atoms with Gasteiger partial charge in [-0.2, -0.15) is 5.10 Å². The minimum absolute atomic E-state index is 0.112. The Morgan fingerprint density at radius 1 is 0.950 bits per heavy atom. The zero-order valence-corrected chi connectivity index (χ0v) is 25.2. The number of aromatic nitrogens is 1. The van der Waals surface area contributed by atoms with Crippen molar-refractivity contribution >= 4 is 39.6 Å². The first-order valence-corrected chi connectivity index (χ1v) is 15.5. The highest BCUT2D eigenvalue weighted by atomic mass is 32.2. The number of rotatable bonds is 9. The molecule has 1 heterocycles. The highest BCUT2D eigenvalue weighted by Gasteiger charge is 2.27. The van der Waals surface area contributed by atoms with Gasteiger partial charge < -0.3 is 4.57 Å². The Morgan fingerprint density at radius 3 is 2.17 bits per heavy atom. The van der Waals surface area contributed by atoms with E-state index in [0.29, 0.717) is 5.69 Å². The van der Waals surface area contributed by atoms with E-state index in [0.717, 1.165) is 37.4 Å². The quantitative estimate of drug-likeness (QED) is 0.149. The van der Waals surface area contributed by atoms with E-state index in [2.05, 4.69) is 41.1 Å². The van der Waals surface area contributed by atoms with Crippen molar-refractivity contribution in [3.8, 4) is 5.69 Å². The first-order valence-electron chi connectivity index (χ1n) is 12.8. The third kappa shape index (κ3) is 6.16. The number of hydrogen-bond acceptors (Lipinski definition) is 5. The molecule has 208 valence electrons.